The standard InChI is InChI=1S/C22H22N2O2/c1-23-20(25)17-11-12-22(21(26)24-2)18(14-7-4-3-5-8-14)13-15-9-6-10-16(17)19(15)22/h3-12,17-18H,13H2,1-2H3,(H,23,25)(H,24,26)/t17-,18-,22+/m1/s1. The van der Waals surface area contributed by atoms with Crippen LogP contribution in [0.15, 0.2) is 60.7 Å². The van der Waals surface area contributed by atoms with E-state index in [-0.39, 0.29) is 23.7 Å². The molecule has 0 radical (unpaired) electrons. The van der Waals surface area contributed by atoms with Crippen molar-refractivity contribution in [2.24, 2.45) is 0 Å². The molecule has 2 aromatic rings. The molecule has 2 aliphatic rings. The van der Waals surface area contributed by atoms with E-state index in [1.807, 2.05) is 42.5 Å². The number of nitrogens with one attached hydrogen (secondary N) is 2. The highest BCUT2D eigenvalue weighted by Crippen LogP contribution is 2.54. The van der Waals surface area contributed by atoms with Crippen LogP contribution in [0.5, 0.6) is 0 Å². The minimum Gasteiger partial charge on any atom is -0.358 e. The molecule has 0 saturated carbocycles. The zero-order chi connectivity index (χ0) is 18.3. The fourth-order valence-electron chi connectivity index (χ4n) is 4.66. The third-order valence-corrected chi connectivity index (χ3v) is 5.79. The highest BCUT2D eigenvalue weighted by molar-refractivity contribution is 5.97. The normalized spacial score (nSPS) is 25.5. The summed E-state index contributed by atoms with van der Waals surface area (Å²) in [5.74, 6) is -0.420. The van der Waals surface area contributed by atoms with Crippen LogP contribution in [0.4, 0.5) is 0 Å². The summed E-state index contributed by atoms with van der Waals surface area (Å²) in [5, 5.41) is 5.61. The summed E-state index contributed by atoms with van der Waals surface area (Å²) < 4.78 is 0. The second kappa shape index (κ2) is 6.13. The van der Waals surface area contributed by atoms with Gasteiger partial charge >= 0.3 is 0 Å². The Morgan fingerprint density at radius 3 is 2.46 bits per heavy atom. The first-order valence-corrected chi connectivity index (χ1v) is 8.93. The Bertz CT molecular complexity index is 904. The van der Waals surface area contributed by atoms with Crippen LogP contribution < -0.4 is 10.6 Å². The lowest BCUT2D eigenvalue weighted by Gasteiger charge is -2.37. The fourth-order valence-corrected chi connectivity index (χ4v) is 4.66. The maximum Gasteiger partial charge on any atom is 0.234 e. The molecule has 0 saturated heterocycles. The third kappa shape index (κ3) is 2.15. The molecule has 0 bridgehead atoms. The Kier molecular flexibility index (Phi) is 3.91. The first-order chi connectivity index (χ1) is 12.6. The van der Waals surface area contributed by atoms with Crippen LogP contribution in [-0.4, -0.2) is 25.9 Å². The van der Waals surface area contributed by atoms with Gasteiger partial charge in [-0.05, 0) is 28.7 Å². The van der Waals surface area contributed by atoms with Crippen LogP contribution in [0.1, 0.15) is 34.1 Å². The number of amides is 2. The number of hydrogen-bond acceptors (Lipinski definition) is 2. The first kappa shape index (κ1) is 16.6. The van der Waals surface area contributed by atoms with E-state index in [1.54, 1.807) is 14.1 Å². The van der Waals surface area contributed by atoms with Gasteiger partial charge < -0.3 is 10.6 Å². The van der Waals surface area contributed by atoms with Gasteiger partial charge in [0.2, 0.25) is 11.8 Å². The molecule has 0 spiro atoms. The minimum absolute atomic E-state index is 0.0155. The number of carbonyl (C=O) groups is 2. The summed E-state index contributed by atoms with van der Waals surface area (Å²) in [7, 11) is 3.32. The molecule has 0 unspecified atom stereocenters. The van der Waals surface area contributed by atoms with Crippen molar-refractivity contribution in [3.63, 3.8) is 0 Å². The van der Waals surface area contributed by atoms with Crippen molar-refractivity contribution in [2.75, 3.05) is 14.1 Å². The lowest BCUT2D eigenvalue weighted by Crippen LogP contribution is -2.46. The van der Waals surface area contributed by atoms with E-state index in [4.69, 9.17) is 0 Å². The molecule has 2 aromatic carbocycles. The molecule has 2 N–H and O–H groups in total. The fraction of sp³-hybridized carbons (Fsp3) is 0.273. The minimum atomic E-state index is -0.771. The van der Waals surface area contributed by atoms with E-state index >= 15 is 0 Å². The van der Waals surface area contributed by atoms with Gasteiger partial charge in [0.15, 0.2) is 0 Å². The average Bonchev–Trinajstić information content (AvgIpc) is 3.05. The first-order valence-electron chi connectivity index (χ1n) is 8.93. The number of benzene rings is 2. The zero-order valence-electron chi connectivity index (χ0n) is 15.0. The van der Waals surface area contributed by atoms with E-state index < -0.39 is 5.41 Å². The van der Waals surface area contributed by atoms with Gasteiger partial charge in [0.05, 0.1) is 11.3 Å². The quantitative estimate of drug-likeness (QED) is 0.839. The Balaban J connectivity index is 1.97. The van der Waals surface area contributed by atoms with Gasteiger partial charge in [-0.1, -0.05) is 60.7 Å². The molecule has 0 heterocycles. The van der Waals surface area contributed by atoms with E-state index in [9.17, 15) is 9.59 Å². The van der Waals surface area contributed by atoms with Crippen LogP contribution in [0.2, 0.25) is 0 Å². The van der Waals surface area contributed by atoms with E-state index in [0.717, 1.165) is 28.7 Å². The predicted molar refractivity (Wildman–Crippen MR) is 101 cm³/mol. The molecule has 4 rings (SSSR count). The van der Waals surface area contributed by atoms with Crippen LogP contribution in [0.3, 0.4) is 0 Å². The van der Waals surface area contributed by atoms with Crippen LogP contribution >= 0.6 is 0 Å². The van der Waals surface area contributed by atoms with Crippen LogP contribution in [0.25, 0.3) is 0 Å². The van der Waals surface area contributed by atoms with Crippen molar-refractivity contribution in [3.8, 4) is 0 Å². The monoisotopic (exact) mass is 346 g/mol. The van der Waals surface area contributed by atoms with Crippen molar-refractivity contribution in [2.45, 2.75) is 23.7 Å². The highest BCUT2D eigenvalue weighted by Gasteiger charge is 2.54. The summed E-state index contributed by atoms with van der Waals surface area (Å²) in [6.45, 7) is 0. The summed E-state index contributed by atoms with van der Waals surface area (Å²) >= 11 is 0. The highest BCUT2D eigenvalue weighted by atomic mass is 16.2. The average molecular weight is 346 g/mol. The second-order valence-corrected chi connectivity index (χ2v) is 6.95. The summed E-state index contributed by atoms with van der Waals surface area (Å²) in [4.78, 5) is 25.6. The van der Waals surface area contributed by atoms with Gasteiger partial charge in [0, 0.05) is 20.0 Å². The van der Waals surface area contributed by atoms with E-state index in [0.29, 0.717) is 0 Å². The van der Waals surface area contributed by atoms with Gasteiger partial charge in [0.25, 0.3) is 0 Å². The molecule has 0 aliphatic heterocycles. The lowest BCUT2D eigenvalue weighted by atomic mass is 9.65. The van der Waals surface area contributed by atoms with Crippen molar-refractivity contribution in [1.29, 1.82) is 0 Å². The van der Waals surface area contributed by atoms with Gasteiger partial charge in [-0.3, -0.25) is 9.59 Å². The number of rotatable bonds is 3. The number of hydrogen-bond donors (Lipinski definition) is 2. The van der Waals surface area contributed by atoms with Gasteiger partial charge in [-0.25, -0.2) is 0 Å². The Labute approximate surface area is 153 Å². The molecule has 132 valence electrons. The van der Waals surface area contributed by atoms with E-state index in [2.05, 4.69) is 28.8 Å². The zero-order valence-corrected chi connectivity index (χ0v) is 15.0. The van der Waals surface area contributed by atoms with Crippen LogP contribution in [0, 0.1) is 0 Å². The molecule has 2 aliphatic carbocycles. The second-order valence-electron chi connectivity index (χ2n) is 6.95. The van der Waals surface area contributed by atoms with Crippen molar-refractivity contribution in [3.05, 3.63) is 82.9 Å². The van der Waals surface area contributed by atoms with Crippen molar-refractivity contribution < 1.29 is 9.59 Å². The van der Waals surface area contributed by atoms with Gasteiger partial charge in [0.1, 0.15) is 0 Å². The molecule has 0 aromatic heterocycles. The summed E-state index contributed by atoms with van der Waals surface area (Å²) in [6.07, 6.45) is 4.63. The molecule has 26 heavy (non-hydrogen) atoms. The Morgan fingerprint density at radius 1 is 1.00 bits per heavy atom. The molecule has 0 fully saturated rings. The van der Waals surface area contributed by atoms with E-state index in [1.165, 1.54) is 0 Å². The Hall–Kier alpha value is -2.88. The molecule has 3 atom stereocenters. The maximum absolute atomic E-state index is 13.2. The smallest absolute Gasteiger partial charge is 0.234 e. The lowest BCUT2D eigenvalue weighted by molar-refractivity contribution is -0.125. The molecular formula is C22H22N2O2. The maximum atomic E-state index is 13.2. The van der Waals surface area contributed by atoms with Crippen molar-refractivity contribution in [1.82, 2.24) is 10.6 Å². The predicted octanol–water partition coefficient (Wildman–Crippen LogP) is 2.41. The third-order valence-electron chi connectivity index (χ3n) is 5.79. The number of likely N-dealkylation sites (N-methyl/N-ethyl adjacent to an activating group) is 2. The van der Waals surface area contributed by atoms with Gasteiger partial charge in [-0.15, -0.1) is 0 Å². The molecular weight excluding hydrogens is 324 g/mol. The van der Waals surface area contributed by atoms with Crippen LogP contribution in [-0.2, 0) is 21.4 Å². The van der Waals surface area contributed by atoms with Crippen molar-refractivity contribution >= 4 is 11.8 Å². The molecule has 4 heteroatoms. The Morgan fingerprint density at radius 2 is 1.77 bits per heavy atom. The number of carbonyl (C=O) groups excluding carboxylic acids is 2. The molecule has 4 nitrogen and oxygen atoms in total. The largest absolute Gasteiger partial charge is 0.358 e. The summed E-state index contributed by atoms with van der Waals surface area (Å²) in [6, 6.07) is 16.2. The molecule has 2 amide bonds. The topological polar surface area (TPSA) is 58.2 Å². The SMILES string of the molecule is CNC(=O)[C@@H]1C=C[C@@]2(C(=O)NC)c3c(cccc31)C[C@@H]2c1ccccc1. The summed E-state index contributed by atoms with van der Waals surface area (Å²) in [5.41, 5.74) is 3.46. The van der Waals surface area contributed by atoms with Gasteiger partial charge in [-0.2, -0.15) is 0 Å².